The lowest BCUT2D eigenvalue weighted by atomic mass is 10.0. The largest absolute Gasteiger partial charge is 0.492 e. The Labute approximate surface area is 197 Å². The van der Waals surface area contributed by atoms with Gasteiger partial charge in [0.1, 0.15) is 12.4 Å². The van der Waals surface area contributed by atoms with E-state index >= 15 is 0 Å². The number of sulfone groups is 1. The van der Waals surface area contributed by atoms with Crippen molar-refractivity contribution in [3.63, 3.8) is 0 Å². The van der Waals surface area contributed by atoms with Crippen molar-refractivity contribution in [1.82, 2.24) is 4.98 Å². The van der Waals surface area contributed by atoms with Crippen LogP contribution >= 0.6 is 11.6 Å². The zero-order valence-electron chi connectivity index (χ0n) is 17.8. The summed E-state index contributed by atoms with van der Waals surface area (Å²) in [5.41, 5.74) is 3.22. The highest BCUT2D eigenvalue weighted by Crippen LogP contribution is 2.27. The minimum absolute atomic E-state index is 0.0374. The standard InChI is InChI=1S/C25H21ClN2O4S/c1-33(30,31)14-13-32-20-6-4-5-19(15-20)27-25(29)22-16-24(17-9-11-18(26)12-10-17)28-23-8-3-2-7-21(22)23/h2-12,15-16H,13-14H2,1H3,(H,27,29). The van der Waals surface area contributed by atoms with Crippen molar-refractivity contribution in [2.45, 2.75) is 0 Å². The van der Waals surface area contributed by atoms with Gasteiger partial charge in [0.15, 0.2) is 9.84 Å². The van der Waals surface area contributed by atoms with Crippen LogP contribution in [0.25, 0.3) is 22.2 Å². The Hall–Kier alpha value is -3.42. The molecule has 0 atom stereocenters. The summed E-state index contributed by atoms with van der Waals surface area (Å²) in [5.74, 6) is 0.0926. The number of rotatable bonds is 7. The average Bonchev–Trinajstić information content (AvgIpc) is 2.78. The SMILES string of the molecule is CS(=O)(=O)CCOc1cccc(NC(=O)c2cc(-c3ccc(Cl)cc3)nc3ccccc23)c1. The first-order chi connectivity index (χ1) is 15.8. The summed E-state index contributed by atoms with van der Waals surface area (Å²) in [5, 5.41) is 4.25. The van der Waals surface area contributed by atoms with Crippen LogP contribution in [0.4, 0.5) is 5.69 Å². The molecule has 4 rings (SSSR count). The summed E-state index contributed by atoms with van der Waals surface area (Å²) in [7, 11) is -3.12. The molecule has 1 amide bonds. The second-order valence-electron chi connectivity index (χ2n) is 7.54. The van der Waals surface area contributed by atoms with Crippen molar-refractivity contribution < 1.29 is 17.9 Å². The predicted octanol–water partition coefficient (Wildman–Crippen LogP) is 5.23. The zero-order chi connectivity index (χ0) is 23.4. The molecule has 0 saturated heterocycles. The number of para-hydroxylation sites is 1. The molecule has 1 N–H and O–H groups in total. The van der Waals surface area contributed by atoms with Gasteiger partial charge >= 0.3 is 0 Å². The molecule has 0 fully saturated rings. The van der Waals surface area contributed by atoms with E-state index in [1.807, 2.05) is 36.4 Å². The van der Waals surface area contributed by atoms with Crippen molar-refractivity contribution >= 4 is 43.9 Å². The maximum atomic E-state index is 13.2. The van der Waals surface area contributed by atoms with E-state index in [0.29, 0.717) is 33.2 Å². The van der Waals surface area contributed by atoms with Crippen LogP contribution in [0.3, 0.4) is 0 Å². The molecular weight excluding hydrogens is 460 g/mol. The minimum atomic E-state index is -3.12. The maximum absolute atomic E-state index is 13.2. The highest BCUT2D eigenvalue weighted by molar-refractivity contribution is 7.90. The Morgan fingerprint density at radius 1 is 1.00 bits per heavy atom. The van der Waals surface area contributed by atoms with Gasteiger partial charge in [-0.3, -0.25) is 4.79 Å². The molecule has 0 unspecified atom stereocenters. The Balaban J connectivity index is 1.62. The Morgan fingerprint density at radius 2 is 1.76 bits per heavy atom. The Kier molecular flexibility index (Phi) is 6.62. The van der Waals surface area contributed by atoms with Gasteiger partial charge < -0.3 is 10.1 Å². The van der Waals surface area contributed by atoms with Crippen LogP contribution in [0.1, 0.15) is 10.4 Å². The van der Waals surface area contributed by atoms with Gasteiger partial charge in [0, 0.05) is 34.0 Å². The molecule has 8 heteroatoms. The molecule has 4 aromatic rings. The fraction of sp³-hybridized carbons (Fsp3) is 0.120. The number of carbonyl (C=O) groups is 1. The normalized spacial score (nSPS) is 11.3. The third-order valence-corrected chi connectivity index (χ3v) is 6.08. The fourth-order valence-electron chi connectivity index (χ4n) is 3.30. The molecule has 0 aliphatic heterocycles. The number of amides is 1. The lowest BCUT2D eigenvalue weighted by Gasteiger charge is -2.12. The van der Waals surface area contributed by atoms with E-state index < -0.39 is 9.84 Å². The van der Waals surface area contributed by atoms with E-state index in [0.717, 1.165) is 17.2 Å². The fourth-order valence-corrected chi connectivity index (χ4v) is 3.82. The molecule has 0 aliphatic carbocycles. The molecule has 1 heterocycles. The summed E-state index contributed by atoms with van der Waals surface area (Å²) in [6, 6.07) is 23.3. The number of nitrogens with one attached hydrogen (secondary N) is 1. The van der Waals surface area contributed by atoms with Gasteiger partial charge in [-0.25, -0.2) is 13.4 Å². The van der Waals surface area contributed by atoms with Gasteiger partial charge in [-0.05, 0) is 36.4 Å². The monoisotopic (exact) mass is 480 g/mol. The van der Waals surface area contributed by atoms with Crippen molar-refractivity contribution in [2.75, 3.05) is 23.9 Å². The lowest BCUT2D eigenvalue weighted by Crippen LogP contribution is -2.14. The van der Waals surface area contributed by atoms with Gasteiger partial charge in [-0.15, -0.1) is 0 Å². The molecule has 6 nitrogen and oxygen atoms in total. The molecule has 0 aliphatic rings. The van der Waals surface area contributed by atoms with Crippen LogP contribution in [0.5, 0.6) is 5.75 Å². The quantitative estimate of drug-likeness (QED) is 0.391. The number of hydrogen-bond acceptors (Lipinski definition) is 5. The van der Waals surface area contributed by atoms with Crippen molar-refractivity contribution in [2.24, 2.45) is 0 Å². The number of benzene rings is 3. The molecule has 3 aromatic carbocycles. The molecule has 1 aromatic heterocycles. The summed E-state index contributed by atoms with van der Waals surface area (Å²) in [4.78, 5) is 17.9. The first kappa shape index (κ1) is 22.8. The van der Waals surface area contributed by atoms with Crippen LogP contribution in [-0.4, -0.2) is 37.9 Å². The second-order valence-corrected chi connectivity index (χ2v) is 10.2. The zero-order valence-corrected chi connectivity index (χ0v) is 19.4. The van der Waals surface area contributed by atoms with Gasteiger partial charge in [0.05, 0.1) is 22.5 Å². The molecule has 0 spiro atoms. The van der Waals surface area contributed by atoms with E-state index in [9.17, 15) is 13.2 Å². The number of pyridine rings is 1. The number of aromatic nitrogens is 1. The molecule has 0 saturated carbocycles. The molecule has 0 bridgehead atoms. The van der Waals surface area contributed by atoms with Gasteiger partial charge in [0.25, 0.3) is 5.91 Å². The van der Waals surface area contributed by atoms with E-state index in [1.165, 1.54) is 0 Å². The van der Waals surface area contributed by atoms with Crippen LogP contribution in [0.15, 0.2) is 78.9 Å². The van der Waals surface area contributed by atoms with Gasteiger partial charge in [-0.2, -0.15) is 0 Å². The average molecular weight is 481 g/mol. The number of anilines is 1. The van der Waals surface area contributed by atoms with Crippen LogP contribution in [-0.2, 0) is 9.84 Å². The number of nitrogens with zero attached hydrogens (tertiary/aromatic N) is 1. The van der Waals surface area contributed by atoms with Gasteiger partial charge in [0.2, 0.25) is 0 Å². The summed E-state index contributed by atoms with van der Waals surface area (Å²) < 4.78 is 28.1. The van der Waals surface area contributed by atoms with Crippen LogP contribution in [0.2, 0.25) is 5.02 Å². The van der Waals surface area contributed by atoms with E-state index in [2.05, 4.69) is 5.32 Å². The number of halogens is 1. The maximum Gasteiger partial charge on any atom is 0.256 e. The summed E-state index contributed by atoms with van der Waals surface area (Å²) in [6.45, 7) is 0.0374. The van der Waals surface area contributed by atoms with E-state index in [1.54, 1.807) is 42.5 Å². The summed E-state index contributed by atoms with van der Waals surface area (Å²) >= 11 is 6.01. The van der Waals surface area contributed by atoms with E-state index in [4.69, 9.17) is 21.3 Å². The Bertz CT molecular complexity index is 1420. The van der Waals surface area contributed by atoms with Crippen molar-refractivity contribution in [3.8, 4) is 17.0 Å². The minimum Gasteiger partial charge on any atom is -0.492 e. The number of carbonyl (C=O) groups excluding carboxylic acids is 1. The van der Waals surface area contributed by atoms with Crippen molar-refractivity contribution in [3.05, 3.63) is 89.4 Å². The lowest BCUT2D eigenvalue weighted by molar-refractivity contribution is 0.102. The first-order valence-corrected chi connectivity index (χ1v) is 12.6. The second kappa shape index (κ2) is 9.60. The number of hydrogen-bond donors (Lipinski definition) is 1. The number of ether oxygens (including phenoxy) is 1. The highest BCUT2D eigenvalue weighted by Gasteiger charge is 2.15. The highest BCUT2D eigenvalue weighted by atomic mass is 35.5. The molecule has 168 valence electrons. The van der Waals surface area contributed by atoms with Crippen LogP contribution in [0, 0.1) is 0 Å². The van der Waals surface area contributed by atoms with Gasteiger partial charge in [-0.1, -0.05) is 48.0 Å². The number of fused-ring (bicyclic) bond motifs is 1. The first-order valence-electron chi connectivity index (χ1n) is 10.2. The predicted molar refractivity (Wildman–Crippen MR) is 132 cm³/mol. The smallest absolute Gasteiger partial charge is 0.256 e. The van der Waals surface area contributed by atoms with Crippen molar-refractivity contribution in [1.29, 1.82) is 0 Å². The summed E-state index contributed by atoms with van der Waals surface area (Å²) in [6.07, 6.45) is 1.16. The Morgan fingerprint density at radius 3 is 2.52 bits per heavy atom. The third kappa shape index (κ3) is 5.88. The van der Waals surface area contributed by atoms with Crippen LogP contribution < -0.4 is 10.1 Å². The van der Waals surface area contributed by atoms with E-state index in [-0.39, 0.29) is 18.3 Å². The third-order valence-electron chi connectivity index (χ3n) is 4.92. The topological polar surface area (TPSA) is 85.4 Å². The molecular formula is C25H21ClN2O4S. The molecule has 0 radical (unpaired) electrons. The molecule has 33 heavy (non-hydrogen) atoms.